The molecule has 0 fully saturated rings. The van der Waals surface area contributed by atoms with E-state index in [2.05, 4.69) is 25.4 Å². The summed E-state index contributed by atoms with van der Waals surface area (Å²) in [4.78, 5) is 10.7. The van der Waals surface area contributed by atoms with E-state index in [1.165, 1.54) is 0 Å². The molecule has 0 aromatic heterocycles. The number of hydrogen-bond acceptors (Lipinski definition) is 4. The molecule has 0 radical (unpaired) electrons. The molecule has 0 heterocycles. The zero-order valence-corrected chi connectivity index (χ0v) is 10.6. The van der Waals surface area contributed by atoms with E-state index in [1.54, 1.807) is 29.0 Å². The van der Waals surface area contributed by atoms with Gasteiger partial charge in [0.1, 0.15) is 0 Å². The number of rotatable bonds is 3. The van der Waals surface area contributed by atoms with E-state index in [0.29, 0.717) is 5.69 Å². The quantitative estimate of drug-likeness (QED) is 0.885. The lowest BCUT2D eigenvalue weighted by atomic mass is 10.3. The molecule has 0 saturated heterocycles. The lowest BCUT2D eigenvalue weighted by Crippen LogP contribution is -2.35. The van der Waals surface area contributed by atoms with Crippen LogP contribution >= 0.6 is 15.9 Å². The lowest BCUT2D eigenvalue weighted by Gasteiger charge is -2.08. The van der Waals surface area contributed by atoms with Gasteiger partial charge in [-0.15, -0.1) is 0 Å². The standard InChI is InChI=1S/C8H9BrN2O4S/c1-15-8(12)11-16(13,14)10-7-4-2-6(9)3-5-7/h2-5,10H,1H3,(H,11,12). The summed E-state index contributed by atoms with van der Waals surface area (Å²) >= 11 is 3.21. The van der Waals surface area contributed by atoms with Crippen molar-refractivity contribution in [1.29, 1.82) is 0 Å². The molecule has 0 aliphatic heterocycles. The van der Waals surface area contributed by atoms with Crippen LogP contribution in [0.25, 0.3) is 0 Å². The summed E-state index contributed by atoms with van der Waals surface area (Å²) in [5.41, 5.74) is 0.333. The average Bonchev–Trinajstić information content (AvgIpc) is 2.20. The summed E-state index contributed by atoms with van der Waals surface area (Å²) in [6.07, 6.45) is -1.05. The Bertz CT molecular complexity index is 471. The molecule has 0 spiro atoms. The van der Waals surface area contributed by atoms with Crippen molar-refractivity contribution in [2.75, 3.05) is 11.8 Å². The smallest absolute Gasteiger partial charge is 0.422 e. The van der Waals surface area contributed by atoms with Crippen LogP contribution in [0.1, 0.15) is 0 Å². The summed E-state index contributed by atoms with van der Waals surface area (Å²) in [5, 5.41) is 0. The van der Waals surface area contributed by atoms with Crippen LogP contribution in [0.3, 0.4) is 0 Å². The maximum Gasteiger partial charge on any atom is 0.422 e. The topological polar surface area (TPSA) is 84.5 Å². The molecule has 6 nitrogen and oxygen atoms in total. The van der Waals surface area contributed by atoms with Gasteiger partial charge in [-0.2, -0.15) is 8.42 Å². The summed E-state index contributed by atoms with van der Waals surface area (Å²) in [6.45, 7) is 0. The third-order valence-corrected chi connectivity index (χ3v) is 2.97. The third-order valence-electron chi connectivity index (χ3n) is 1.50. The van der Waals surface area contributed by atoms with E-state index in [-0.39, 0.29) is 0 Å². The van der Waals surface area contributed by atoms with Crippen molar-refractivity contribution < 1.29 is 17.9 Å². The summed E-state index contributed by atoms with van der Waals surface area (Å²) in [7, 11) is -2.87. The number of ether oxygens (including phenoxy) is 1. The number of carbonyl (C=O) groups excluding carboxylic acids is 1. The number of methoxy groups -OCH3 is 1. The Balaban J connectivity index is 2.73. The van der Waals surface area contributed by atoms with Crippen LogP contribution in [0.5, 0.6) is 0 Å². The van der Waals surface area contributed by atoms with Crippen molar-refractivity contribution in [2.24, 2.45) is 0 Å². The SMILES string of the molecule is COC(=O)NS(=O)(=O)Nc1ccc(Br)cc1. The normalized spacial score (nSPS) is 10.6. The second kappa shape index (κ2) is 5.17. The van der Waals surface area contributed by atoms with Crippen LogP contribution in [0.4, 0.5) is 10.5 Å². The number of nitrogens with one attached hydrogen (secondary N) is 2. The second-order valence-electron chi connectivity index (χ2n) is 2.71. The number of anilines is 1. The summed E-state index contributed by atoms with van der Waals surface area (Å²) in [6, 6.07) is 6.41. The monoisotopic (exact) mass is 308 g/mol. The van der Waals surface area contributed by atoms with E-state index < -0.39 is 16.3 Å². The van der Waals surface area contributed by atoms with E-state index in [4.69, 9.17) is 0 Å². The number of halogens is 1. The van der Waals surface area contributed by atoms with Gasteiger partial charge in [-0.05, 0) is 24.3 Å². The van der Waals surface area contributed by atoms with Crippen molar-refractivity contribution in [3.8, 4) is 0 Å². The molecule has 0 atom stereocenters. The molecule has 88 valence electrons. The number of benzene rings is 1. The second-order valence-corrected chi connectivity index (χ2v) is 5.04. The fourth-order valence-electron chi connectivity index (χ4n) is 0.850. The molecule has 2 N–H and O–H groups in total. The van der Waals surface area contributed by atoms with Crippen molar-refractivity contribution in [1.82, 2.24) is 4.72 Å². The van der Waals surface area contributed by atoms with Crippen molar-refractivity contribution in [3.63, 3.8) is 0 Å². The molecule has 0 unspecified atom stereocenters. The van der Waals surface area contributed by atoms with Gasteiger partial charge in [0.05, 0.1) is 12.8 Å². The average molecular weight is 309 g/mol. The molecule has 0 bridgehead atoms. The van der Waals surface area contributed by atoms with Gasteiger partial charge >= 0.3 is 16.3 Å². The van der Waals surface area contributed by atoms with Gasteiger partial charge in [-0.3, -0.25) is 4.72 Å². The molecule has 1 aromatic rings. The van der Waals surface area contributed by atoms with Crippen molar-refractivity contribution in [3.05, 3.63) is 28.7 Å². The summed E-state index contributed by atoms with van der Waals surface area (Å²) < 4.78 is 31.4. The predicted octanol–water partition coefficient (Wildman–Crippen LogP) is 1.46. The first kappa shape index (κ1) is 12.8. The lowest BCUT2D eigenvalue weighted by molar-refractivity contribution is 0.177. The van der Waals surface area contributed by atoms with Crippen molar-refractivity contribution >= 4 is 37.9 Å². The van der Waals surface area contributed by atoms with Gasteiger partial charge in [0.25, 0.3) is 0 Å². The fraction of sp³-hybridized carbons (Fsp3) is 0.125. The zero-order valence-electron chi connectivity index (χ0n) is 8.23. The van der Waals surface area contributed by atoms with E-state index in [9.17, 15) is 13.2 Å². The maximum atomic E-state index is 11.3. The number of carbonyl (C=O) groups is 1. The molecule has 1 amide bonds. The first-order chi connectivity index (χ1) is 7.43. The molecular weight excluding hydrogens is 300 g/mol. The van der Waals surface area contributed by atoms with Crippen LogP contribution in [0.2, 0.25) is 0 Å². The first-order valence-electron chi connectivity index (χ1n) is 4.07. The fourth-order valence-corrected chi connectivity index (χ4v) is 1.91. The first-order valence-corrected chi connectivity index (χ1v) is 6.34. The Morgan fingerprint density at radius 3 is 2.38 bits per heavy atom. The van der Waals surface area contributed by atoms with Gasteiger partial charge < -0.3 is 4.74 Å². The molecule has 0 saturated carbocycles. The van der Waals surface area contributed by atoms with Gasteiger partial charge in [0.2, 0.25) is 0 Å². The molecule has 16 heavy (non-hydrogen) atoms. The minimum Gasteiger partial charge on any atom is -0.452 e. The number of amides is 1. The van der Waals surface area contributed by atoms with Crippen LogP contribution in [-0.4, -0.2) is 21.6 Å². The Labute approximate surface area is 101 Å². The van der Waals surface area contributed by atoms with E-state index in [1.807, 2.05) is 0 Å². The van der Waals surface area contributed by atoms with Gasteiger partial charge in [0.15, 0.2) is 0 Å². The largest absolute Gasteiger partial charge is 0.452 e. The Hall–Kier alpha value is -1.28. The summed E-state index contributed by atoms with van der Waals surface area (Å²) in [5.74, 6) is 0. The highest BCUT2D eigenvalue weighted by atomic mass is 79.9. The van der Waals surface area contributed by atoms with Crippen LogP contribution in [-0.2, 0) is 14.9 Å². The highest BCUT2D eigenvalue weighted by Gasteiger charge is 2.13. The Morgan fingerprint density at radius 2 is 1.88 bits per heavy atom. The predicted molar refractivity (Wildman–Crippen MR) is 62.2 cm³/mol. The molecule has 8 heteroatoms. The third kappa shape index (κ3) is 4.07. The Kier molecular flexibility index (Phi) is 4.13. The molecule has 1 rings (SSSR count). The highest BCUT2D eigenvalue weighted by molar-refractivity contribution is 9.10. The van der Waals surface area contributed by atoms with Gasteiger partial charge in [-0.1, -0.05) is 15.9 Å². The van der Waals surface area contributed by atoms with E-state index in [0.717, 1.165) is 11.6 Å². The van der Waals surface area contributed by atoms with Crippen LogP contribution < -0.4 is 9.44 Å². The highest BCUT2D eigenvalue weighted by Crippen LogP contribution is 2.14. The zero-order chi connectivity index (χ0) is 12.2. The molecule has 1 aromatic carbocycles. The van der Waals surface area contributed by atoms with Crippen LogP contribution in [0.15, 0.2) is 28.7 Å². The van der Waals surface area contributed by atoms with Gasteiger partial charge in [-0.25, -0.2) is 9.52 Å². The minimum absolute atomic E-state index is 0.333. The molecule has 0 aliphatic carbocycles. The minimum atomic E-state index is -3.95. The number of hydrogen-bond donors (Lipinski definition) is 2. The van der Waals surface area contributed by atoms with Gasteiger partial charge in [0, 0.05) is 4.47 Å². The van der Waals surface area contributed by atoms with Crippen LogP contribution in [0, 0.1) is 0 Å². The van der Waals surface area contributed by atoms with Crippen molar-refractivity contribution in [2.45, 2.75) is 0 Å². The molecule has 0 aliphatic rings. The maximum absolute atomic E-state index is 11.3. The molecular formula is C8H9BrN2O4S. The Morgan fingerprint density at radius 1 is 1.31 bits per heavy atom. The van der Waals surface area contributed by atoms with E-state index >= 15 is 0 Å².